The van der Waals surface area contributed by atoms with Crippen molar-refractivity contribution in [2.45, 2.75) is 31.3 Å². The molecule has 0 radical (unpaired) electrons. The second-order valence-corrected chi connectivity index (χ2v) is 8.30. The Hall–Kier alpha value is -0.480. The summed E-state index contributed by atoms with van der Waals surface area (Å²) in [5, 5.41) is 0.500. The van der Waals surface area contributed by atoms with Gasteiger partial charge in [-0.15, -0.1) is 4.40 Å². The van der Waals surface area contributed by atoms with Gasteiger partial charge in [0, 0.05) is 19.6 Å². The molecule has 3 aliphatic rings. The Morgan fingerprint density at radius 1 is 1.24 bits per heavy atom. The van der Waals surface area contributed by atoms with E-state index in [2.05, 4.69) is 8.68 Å². The van der Waals surface area contributed by atoms with Crippen LogP contribution in [0.25, 0.3) is 0 Å². The number of carbonyl (C=O) groups excluding carboxylic acids is 1. The fourth-order valence-electron chi connectivity index (χ4n) is 2.91. The number of hydrogen-bond acceptors (Lipinski definition) is 7. The Labute approximate surface area is 167 Å². The fourth-order valence-corrected chi connectivity index (χ4v) is 4.51. The monoisotopic (exact) mass is 405 g/mol. The number of nitrogens with two attached hydrogens (primary N) is 1. The van der Waals surface area contributed by atoms with Crippen molar-refractivity contribution in [3.63, 3.8) is 0 Å². The number of hydroxylamine groups is 2. The van der Waals surface area contributed by atoms with E-state index in [1.165, 1.54) is 0 Å². The molecule has 3 rings (SSSR count). The third-order valence-corrected chi connectivity index (χ3v) is 6.00. The van der Waals surface area contributed by atoms with Crippen molar-refractivity contribution in [2.24, 2.45) is 10.1 Å². The number of amides is 2. The summed E-state index contributed by atoms with van der Waals surface area (Å²) < 4.78 is 65.1. The molecule has 0 aromatic heterocycles. The molecule has 3 aliphatic heterocycles. The first kappa shape index (κ1) is 20.8. The van der Waals surface area contributed by atoms with Crippen molar-refractivity contribution < 1.29 is 60.0 Å². The minimum atomic E-state index is -5.09. The number of fused-ring (bicyclic) bond motifs is 2. The summed E-state index contributed by atoms with van der Waals surface area (Å²) in [5.74, 6) is -0.250. The van der Waals surface area contributed by atoms with E-state index in [9.17, 15) is 26.2 Å². The number of carbonyl (C=O) groups is 1. The summed E-state index contributed by atoms with van der Waals surface area (Å²) in [6.07, 6.45) is 1.32. The van der Waals surface area contributed by atoms with E-state index >= 15 is 0 Å². The van der Waals surface area contributed by atoms with Gasteiger partial charge < -0.3 is 15.2 Å². The third kappa shape index (κ3) is 4.27. The van der Waals surface area contributed by atoms with E-state index in [-0.39, 0.29) is 48.4 Å². The van der Waals surface area contributed by atoms with Crippen molar-refractivity contribution >= 4 is 32.5 Å². The van der Waals surface area contributed by atoms with E-state index in [0.717, 1.165) is 15.6 Å². The van der Waals surface area contributed by atoms with E-state index < -0.39 is 38.7 Å². The first-order valence-corrected chi connectivity index (χ1v) is 9.92. The molecule has 3 fully saturated rings. The van der Waals surface area contributed by atoms with Crippen LogP contribution >= 0.6 is 0 Å². The number of nitrogens with zero attached hydrogens (tertiary/aromatic N) is 4. The Balaban J connectivity index is 0.00000225. The Kier molecular flexibility index (Phi) is 6.05. The van der Waals surface area contributed by atoms with Gasteiger partial charge in [0.25, 0.3) is 0 Å². The second-order valence-electron chi connectivity index (χ2n) is 5.74. The maximum atomic E-state index is 12.2. The van der Waals surface area contributed by atoms with Crippen molar-refractivity contribution in [1.29, 1.82) is 0 Å². The molecular formula is C10H16N5NaO7S2. The quantitative estimate of drug-likeness (QED) is 0.156. The summed E-state index contributed by atoms with van der Waals surface area (Å²) in [4.78, 5) is 13.4. The van der Waals surface area contributed by atoms with E-state index in [1.54, 1.807) is 0 Å². The third-order valence-electron chi connectivity index (χ3n) is 4.20. The number of hydrogen-bond donors (Lipinski definition) is 1. The molecule has 0 aromatic rings. The first-order valence-electron chi connectivity index (χ1n) is 7.19. The summed E-state index contributed by atoms with van der Waals surface area (Å²) >= 11 is 0. The molecule has 0 unspecified atom stereocenters. The van der Waals surface area contributed by atoms with Crippen LogP contribution in [0.15, 0.2) is 4.40 Å². The van der Waals surface area contributed by atoms with Gasteiger partial charge in [-0.25, -0.2) is 13.2 Å². The molecule has 0 aromatic carbocycles. The molecule has 2 atom stereocenters. The average molecular weight is 405 g/mol. The first-order chi connectivity index (χ1) is 11.1. The van der Waals surface area contributed by atoms with Gasteiger partial charge in [-0.2, -0.15) is 22.1 Å². The van der Waals surface area contributed by atoms with E-state index in [0.29, 0.717) is 24.6 Å². The molecule has 2 amide bonds. The van der Waals surface area contributed by atoms with E-state index in [4.69, 9.17) is 5.73 Å². The molecule has 3 heterocycles. The van der Waals surface area contributed by atoms with Gasteiger partial charge in [-0.05, 0) is 19.3 Å². The Morgan fingerprint density at radius 2 is 1.88 bits per heavy atom. The summed E-state index contributed by atoms with van der Waals surface area (Å²) in [6, 6.07) is -2.27. The van der Waals surface area contributed by atoms with Gasteiger partial charge in [-0.3, -0.25) is 0 Å². The summed E-state index contributed by atoms with van der Waals surface area (Å²) in [6.45, 7) is 0.813. The van der Waals surface area contributed by atoms with Crippen LogP contribution in [-0.2, 0) is 24.9 Å². The maximum Gasteiger partial charge on any atom is 1.00 e. The zero-order chi connectivity index (χ0) is 17.7. The van der Waals surface area contributed by atoms with Gasteiger partial charge >= 0.3 is 45.8 Å². The maximum absolute atomic E-state index is 12.2. The Bertz CT molecular complexity index is 781. The van der Waals surface area contributed by atoms with Crippen molar-refractivity contribution in [3.05, 3.63) is 0 Å². The minimum Gasteiger partial charge on any atom is -0.724 e. The van der Waals surface area contributed by atoms with Crippen LogP contribution in [0.2, 0.25) is 0 Å². The van der Waals surface area contributed by atoms with Crippen LogP contribution in [0.4, 0.5) is 4.79 Å². The molecular weight excluding hydrogens is 389 g/mol. The van der Waals surface area contributed by atoms with E-state index in [1.807, 2.05) is 0 Å². The molecule has 136 valence electrons. The van der Waals surface area contributed by atoms with Gasteiger partial charge in [0.2, 0.25) is 10.4 Å². The summed E-state index contributed by atoms with van der Waals surface area (Å²) in [5.41, 5.74) is 5.78. The number of piperidine rings is 1. The van der Waals surface area contributed by atoms with Crippen molar-refractivity contribution in [3.8, 4) is 0 Å². The largest absolute Gasteiger partial charge is 1.00 e. The minimum absolute atomic E-state index is 0. The van der Waals surface area contributed by atoms with Gasteiger partial charge in [0.05, 0.1) is 12.1 Å². The molecule has 15 heteroatoms. The van der Waals surface area contributed by atoms with Crippen molar-refractivity contribution in [1.82, 2.24) is 14.3 Å². The normalized spacial score (nSPS) is 27.9. The topological polar surface area (TPSA) is 166 Å². The van der Waals surface area contributed by atoms with Crippen LogP contribution in [0, 0.1) is 0 Å². The van der Waals surface area contributed by atoms with Gasteiger partial charge in [0.1, 0.15) is 5.84 Å². The SMILES string of the molecule is N/C(=N\S(=O)(=O)N1CCC1)[C@@H]1CC[C@@H]2CN1C(=O)N2OS(=O)(=O)[O-].[Na+]. The predicted molar refractivity (Wildman–Crippen MR) is 78.3 cm³/mol. The Morgan fingerprint density at radius 3 is 2.40 bits per heavy atom. The molecule has 3 saturated heterocycles. The zero-order valence-electron chi connectivity index (χ0n) is 13.4. The van der Waals surface area contributed by atoms with Gasteiger partial charge in [0.15, 0.2) is 0 Å². The van der Waals surface area contributed by atoms with Crippen LogP contribution in [0.3, 0.4) is 0 Å². The fraction of sp³-hybridized carbons (Fsp3) is 0.800. The standard InChI is InChI=1S/C10H17N5O7S2.Na/c11-9(12-23(17,18)13-4-1-5-13)8-3-2-7-6-14(8)10(16)15(7)22-24(19,20)21;/h7-8H,1-6H2,(H2,11,12)(H,19,20,21);/q;+1/p-1/t7-,8+;/m1./s1. The molecule has 0 saturated carbocycles. The number of rotatable bonds is 5. The van der Waals surface area contributed by atoms with Gasteiger partial charge in [-0.1, -0.05) is 0 Å². The molecule has 25 heavy (non-hydrogen) atoms. The molecule has 2 bridgehead atoms. The molecule has 0 spiro atoms. The van der Waals surface area contributed by atoms with Crippen LogP contribution in [0.5, 0.6) is 0 Å². The smallest absolute Gasteiger partial charge is 0.724 e. The molecule has 2 N–H and O–H groups in total. The van der Waals surface area contributed by atoms with Crippen LogP contribution in [-0.4, -0.2) is 79.2 Å². The second kappa shape index (κ2) is 7.26. The summed E-state index contributed by atoms with van der Waals surface area (Å²) in [7, 11) is -8.97. The number of urea groups is 1. The predicted octanol–water partition coefficient (Wildman–Crippen LogP) is -5.04. The number of amidine groups is 1. The zero-order valence-corrected chi connectivity index (χ0v) is 17.1. The molecule has 12 nitrogen and oxygen atoms in total. The molecule has 0 aliphatic carbocycles. The van der Waals surface area contributed by atoms with Crippen LogP contribution < -0.4 is 35.3 Å². The van der Waals surface area contributed by atoms with Crippen molar-refractivity contribution in [2.75, 3.05) is 19.6 Å². The average Bonchev–Trinajstić information content (AvgIpc) is 2.59. The van der Waals surface area contributed by atoms with Crippen LogP contribution in [0.1, 0.15) is 19.3 Å².